The standard InChI is InChI=1S/C16H19BrN2O5/c17-13-9-12(19(22)23)6-7-14(13)18-15(20)10-24-16(21)8-5-11-3-1-2-4-11/h6-7,9,11H,1-5,8,10H2,(H,18,20). The van der Waals surface area contributed by atoms with Gasteiger partial charge in [0.15, 0.2) is 6.61 Å². The van der Waals surface area contributed by atoms with Gasteiger partial charge in [-0.25, -0.2) is 0 Å². The number of nitro groups is 1. The average Bonchev–Trinajstić information content (AvgIpc) is 3.06. The number of carbonyl (C=O) groups excluding carboxylic acids is 2. The molecule has 0 heterocycles. The molecule has 1 N–H and O–H groups in total. The van der Waals surface area contributed by atoms with Crippen molar-refractivity contribution in [2.75, 3.05) is 11.9 Å². The van der Waals surface area contributed by atoms with Crippen LogP contribution in [0, 0.1) is 16.0 Å². The molecule has 0 aliphatic heterocycles. The van der Waals surface area contributed by atoms with E-state index in [1.165, 1.54) is 43.9 Å². The molecule has 24 heavy (non-hydrogen) atoms. The Kier molecular flexibility index (Phi) is 6.72. The number of nitro benzene ring substituents is 1. The Morgan fingerprint density at radius 1 is 1.33 bits per heavy atom. The van der Waals surface area contributed by atoms with E-state index in [0.717, 1.165) is 6.42 Å². The molecule has 0 unspecified atom stereocenters. The van der Waals surface area contributed by atoms with Crippen LogP contribution in [0.25, 0.3) is 0 Å². The van der Waals surface area contributed by atoms with Crippen LogP contribution in [0.5, 0.6) is 0 Å². The molecule has 1 amide bonds. The van der Waals surface area contributed by atoms with Crippen molar-refractivity contribution in [1.82, 2.24) is 0 Å². The highest BCUT2D eigenvalue weighted by Gasteiger charge is 2.17. The lowest BCUT2D eigenvalue weighted by molar-refractivity contribution is -0.384. The van der Waals surface area contributed by atoms with E-state index < -0.39 is 10.8 Å². The van der Waals surface area contributed by atoms with Crippen LogP contribution in [0.15, 0.2) is 22.7 Å². The summed E-state index contributed by atoms with van der Waals surface area (Å²) in [6, 6.07) is 4.00. The minimum atomic E-state index is -0.525. The molecule has 1 aliphatic rings. The number of ether oxygens (including phenoxy) is 1. The van der Waals surface area contributed by atoms with Gasteiger partial charge in [0.25, 0.3) is 11.6 Å². The number of nitrogens with zero attached hydrogens (tertiary/aromatic N) is 1. The van der Waals surface area contributed by atoms with E-state index in [1.807, 2.05) is 0 Å². The summed E-state index contributed by atoms with van der Waals surface area (Å²) in [6.07, 6.45) is 5.94. The fraction of sp³-hybridized carbons (Fsp3) is 0.500. The van der Waals surface area contributed by atoms with Gasteiger partial charge in [0, 0.05) is 23.0 Å². The van der Waals surface area contributed by atoms with E-state index in [4.69, 9.17) is 4.74 Å². The predicted octanol–water partition coefficient (Wildman–Crippen LogP) is 3.81. The number of carbonyl (C=O) groups is 2. The largest absolute Gasteiger partial charge is 0.456 e. The number of esters is 1. The molecule has 1 aromatic rings. The van der Waals surface area contributed by atoms with E-state index in [0.29, 0.717) is 22.5 Å². The van der Waals surface area contributed by atoms with Gasteiger partial charge in [0.2, 0.25) is 0 Å². The maximum atomic E-state index is 11.8. The molecule has 1 fully saturated rings. The summed E-state index contributed by atoms with van der Waals surface area (Å²) in [6.45, 7) is -0.368. The van der Waals surface area contributed by atoms with Gasteiger partial charge in [-0.05, 0) is 34.3 Å². The van der Waals surface area contributed by atoms with Crippen LogP contribution < -0.4 is 5.32 Å². The third-order valence-electron chi connectivity index (χ3n) is 4.03. The van der Waals surface area contributed by atoms with Crippen LogP contribution in [0.1, 0.15) is 38.5 Å². The molecular formula is C16H19BrN2O5. The molecule has 0 radical (unpaired) electrons. The molecule has 1 saturated carbocycles. The third kappa shape index (κ3) is 5.59. The summed E-state index contributed by atoms with van der Waals surface area (Å²) in [5.41, 5.74) is 0.297. The van der Waals surface area contributed by atoms with Gasteiger partial charge in [-0.2, -0.15) is 0 Å². The molecule has 0 aromatic heterocycles. The second-order valence-corrected chi connectivity index (χ2v) is 6.67. The molecule has 1 aliphatic carbocycles. The number of hydrogen-bond donors (Lipinski definition) is 1. The fourth-order valence-corrected chi connectivity index (χ4v) is 3.21. The molecule has 8 heteroatoms. The van der Waals surface area contributed by atoms with E-state index in [2.05, 4.69) is 21.2 Å². The van der Waals surface area contributed by atoms with Crippen molar-refractivity contribution in [3.8, 4) is 0 Å². The summed E-state index contributed by atoms with van der Waals surface area (Å²) in [7, 11) is 0. The van der Waals surface area contributed by atoms with Gasteiger partial charge in [-0.15, -0.1) is 0 Å². The highest BCUT2D eigenvalue weighted by atomic mass is 79.9. The van der Waals surface area contributed by atoms with Crippen molar-refractivity contribution in [2.24, 2.45) is 5.92 Å². The second-order valence-electron chi connectivity index (χ2n) is 5.82. The van der Waals surface area contributed by atoms with Crippen LogP contribution >= 0.6 is 15.9 Å². The monoisotopic (exact) mass is 398 g/mol. The highest BCUT2D eigenvalue weighted by molar-refractivity contribution is 9.10. The number of rotatable bonds is 7. The number of halogens is 1. The highest BCUT2D eigenvalue weighted by Crippen LogP contribution is 2.29. The predicted molar refractivity (Wildman–Crippen MR) is 91.6 cm³/mol. The lowest BCUT2D eigenvalue weighted by Gasteiger charge is -2.10. The van der Waals surface area contributed by atoms with Crippen LogP contribution in [0.4, 0.5) is 11.4 Å². The first kappa shape index (κ1) is 18.4. The number of nitrogens with one attached hydrogen (secondary N) is 1. The lowest BCUT2D eigenvalue weighted by atomic mass is 10.0. The van der Waals surface area contributed by atoms with Crippen LogP contribution in [-0.2, 0) is 14.3 Å². The topological polar surface area (TPSA) is 98.5 Å². The molecule has 0 saturated heterocycles. The SMILES string of the molecule is O=C(COC(=O)CCC1CCCC1)Nc1ccc([N+](=O)[O-])cc1Br. The number of non-ortho nitro benzene ring substituents is 1. The number of anilines is 1. The molecular weight excluding hydrogens is 380 g/mol. The minimum Gasteiger partial charge on any atom is -0.456 e. The van der Waals surface area contributed by atoms with Crippen LogP contribution in [0.2, 0.25) is 0 Å². The maximum Gasteiger partial charge on any atom is 0.306 e. The maximum absolute atomic E-state index is 11.8. The van der Waals surface area contributed by atoms with Crippen LogP contribution in [0.3, 0.4) is 0 Å². The average molecular weight is 399 g/mol. The molecule has 130 valence electrons. The van der Waals surface area contributed by atoms with Crippen molar-refractivity contribution in [2.45, 2.75) is 38.5 Å². The van der Waals surface area contributed by atoms with E-state index in [9.17, 15) is 19.7 Å². The summed E-state index contributed by atoms with van der Waals surface area (Å²) >= 11 is 3.16. The number of benzene rings is 1. The number of hydrogen-bond acceptors (Lipinski definition) is 5. The molecule has 0 atom stereocenters. The molecule has 7 nitrogen and oxygen atoms in total. The van der Waals surface area contributed by atoms with Gasteiger partial charge in [-0.1, -0.05) is 25.7 Å². The normalized spacial score (nSPS) is 14.4. The summed E-state index contributed by atoms with van der Waals surface area (Å²) in [4.78, 5) is 33.6. The Labute approximate surface area is 148 Å². The van der Waals surface area contributed by atoms with Gasteiger partial charge >= 0.3 is 5.97 Å². The first-order valence-corrected chi connectivity index (χ1v) is 8.64. The first-order chi connectivity index (χ1) is 11.5. The molecule has 0 bridgehead atoms. The van der Waals surface area contributed by atoms with E-state index >= 15 is 0 Å². The smallest absolute Gasteiger partial charge is 0.306 e. The Morgan fingerprint density at radius 2 is 2.04 bits per heavy atom. The fourth-order valence-electron chi connectivity index (χ4n) is 2.74. The third-order valence-corrected chi connectivity index (χ3v) is 4.69. The van der Waals surface area contributed by atoms with Crippen molar-refractivity contribution < 1.29 is 19.2 Å². The van der Waals surface area contributed by atoms with Gasteiger partial charge in [0.1, 0.15) is 0 Å². The number of amides is 1. The zero-order valence-electron chi connectivity index (χ0n) is 13.1. The van der Waals surface area contributed by atoms with Gasteiger partial charge in [-0.3, -0.25) is 19.7 Å². The Hall–Kier alpha value is -1.96. The summed E-state index contributed by atoms with van der Waals surface area (Å²) in [5, 5.41) is 13.2. The van der Waals surface area contributed by atoms with Crippen molar-refractivity contribution in [1.29, 1.82) is 0 Å². The Balaban J connectivity index is 1.74. The molecule has 2 rings (SSSR count). The van der Waals surface area contributed by atoms with Gasteiger partial charge in [0.05, 0.1) is 10.6 Å². The minimum absolute atomic E-state index is 0.0850. The quantitative estimate of drug-likeness (QED) is 0.427. The van der Waals surface area contributed by atoms with Crippen molar-refractivity contribution in [3.05, 3.63) is 32.8 Å². The molecule has 1 aromatic carbocycles. The Morgan fingerprint density at radius 3 is 2.67 bits per heavy atom. The van der Waals surface area contributed by atoms with Crippen molar-refractivity contribution in [3.63, 3.8) is 0 Å². The van der Waals surface area contributed by atoms with Crippen molar-refractivity contribution >= 4 is 39.2 Å². The van der Waals surface area contributed by atoms with Gasteiger partial charge < -0.3 is 10.1 Å². The second kappa shape index (κ2) is 8.77. The molecule has 0 spiro atoms. The first-order valence-electron chi connectivity index (χ1n) is 7.85. The summed E-state index contributed by atoms with van der Waals surface area (Å²) in [5.74, 6) is -0.263. The van der Waals surface area contributed by atoms with E-state index in [-0.39, 0.29) is 18.3 Å². The van der Waals surface area contributed by atoms with E-state index in [1.54, 1.807) is 0 Å². The van der Waals surface area contributed by atoms with Crippen LogP contribution in [-0.4, -0.2) is 23.4 Å². The Bertz CT molecular complexity index is 629. The zero-order valence-corrected chi connectivity index (χ0v) is 14.7. The lowest BCUT2D eigenvalue weighted by Crippen LogP contribution is -2.21. The zero-order chi connectivity index (χ0) is 17.5. The summed E-state index contributed by atoms with van der Waals surface area (Å²) < 4.78 is 5.35.